The average Bonchev–Trinajstić information content (AvgIpc) is 2.98. The molecule has 3 aromatic rings. The van der Waals surface area contributed by atoms with Gasteiger partial charge in [-0.1, -0.05) is 42.5 Å². The summed E-state index contributed by atoms with van der Waals surface area (Å²) in [6.07, 6.45) is 0. The third kappa shape index (κ3) is 3.31. The third-order valence-electron chi connectivity index (χ3n) is 4.41. The van der Waals surface area contributed by atoms with Gasteiger partial charge >= 0.3 is 5.97 Å². The highest BCUT2D eigenvalue weighted by molar-refractivity contribution is 9.10. The Kier molecular flexibility index (Phi) is 5.63. The Morgan fingerprint density at radius 2 is 1.86 bits per heavy atom. The number of rotatable bonds is 4. The summed E-state index contributed by atoms with van der Waals surface area (Å²) < 4.78 is 7.34. The molecule has 0 bridgehead atoms. The van der Waals surface area contributed by atoms with Gasteiger partial charge in [0.15, 0.2) is 0 Å². The number of hydrogen-bond acceptors (Lipinski definition) is 3. The number of halogens is 1. The van der Waals surface area contributed by atoms with Gasteiger partial charge in [0.1, 0.15) is 5.69 Å². The van der Waals surface area contributed by atoms with Gasteiger partial charge < -0.3 is 9.30 Å². The number of aromatic nitrogens is 1. The van der Waals surface area contributed by atoms with Crippen molar-refractivity contribution < 1.29 is 9.53 Å². The summed E-state index contributed by atoms with van der Waals surface area (Å²) in [6, 6.07) is 17.0. The first kappa shape index (κ1) is 19.4. The Hall–Kier alpha value is -3.35. The highest BCUT2D eigenvalue weighted by Crippen LogP contribution is 2.42. The fourth-order valence-electron chi connectivity index (χ4n) is 3.10. The van der Waals surface area contributed by atoms with Crippen LogP contribution in [0.1, 0.15) is 23.0 Å². The lowest BCUT2D eigenvalue weighted by atomic mass is 9.97. The normalized spacial score (nSPS) is 10.2. The van der Waals surface area contributed by atoms with Crippen molar-refractivity contribution >= 4 is 27.6 Å². The van der Waals surface area contributed by atoms with Gasteiger partial charge in [-0.15, -0.1) is 0 Å². The van der Waals surface area contributed by atoms with Crippen molar-refractivity contribution in [2.24, 2.45) is 7.05 Å². The number of nitriles is 1. The van der Waals surface area contributed by atoms with E-state index in [-0.39, 0.29) is 6.61 Å². The van der Waals surface area contributed by atoms with Gasteiger partial charge in [-0.05, 0) is 45.6 Å². The predicted molar refractivity (Wildman–Crippen MR) is 111 cm³/mol. The maximum atomic E-state index is 12.5. The van der Waals surface area contributed by atoms with Gasteiger partial charge in [-0.3, -0.25) is 0 Å². The van der Waals surface area contributed by atoms with Crippen molar-refractivity contribution in [1.29, 1.82) is 5.26 Å². The van der Waals surface area contributed by atoms with E-state index in [2.05, 4.69) is 26.8 Å². The van der Waals surface area contributed by atoms with Crippen LogP contribution in [-0.4, -0.2) is 17.1 Å². The smallest absolute Gasteiger partial charge is 0.354 e. The van der Waals surface area contributed by atoms with Crippen LogP contribution in [0.3, 0.4) is 0 Å². The van der Waals surface area contributed by atoms with E-state index in [9.17, 15) is 10.1 Å². The fourth-order valence-corrected chi connectivity index (χ4v) is 3.57. The van der Waals surface area contributed by atoms with Crippen molar-refractivity contribution in [2.45, 2.75) is 6.92 Å². The molecule has 0 atom stereocenters. The van der Waals surface area contributed by atoms with Crippen LogP contribution in [0.25, 0.3) is 27.1 Å². The van der Waals surface area contributed by atoms with Crippen molar-refractivity contribution in [1.82, 2.24) is 4.57 Å². The van der Waals surface area contributed by atoms with Gasteiger partial charge in [0.25, 0.3) is 0 Å². The van der Waals surface area contributed by atoms with Crippen LogP contribution in [0.4, 0.5) is 5.69 Å². The number of carbonyl (C=O) groups is 1. The first-order chi connectivity index (χ1) is 13.5. The molecule has 5 nitrogen and oxygen atoms in total. The molecule has 0 aliphatic heterocycles. The zero-order valence-corrected chi connectivity index (χ0v) is 16.9. The lowest BCUT2D eigenvalue weighted by molar-refractivity contribution is 0.0516. The second-order valence-electron chi connectivity index (χ2n) is 5.99. The Morgan fingerprint density at radius 3 is 2.46 bits per heavy atom. The van der Waals surface area contributed by atoms with Crippen molar-refractivity contribution in [3.8, 4) is 28.3 Å². The lowest BCUT2D eigenvalue weighted by Gasteiger charge is -2.09. The molecule has 0 aliphatic carbocycles. The molecule has 0 saturated carbocycles. The summed E-state index contributed by atoms with van der Waals surface area (Å²) in [5.41, 5.74) is 4.25. The monoisotopic (exact) mass is 433 g/mol. The largest absolute Gasteiger partial charge is 0.461 e. The van der Waals surface area contributed by atoms with E-state index < -0.39 is 5.97 Å². The average molecular weight is 434 g/mol. The number of ether oxygens (including phenoxy) is 1. The molecule has 0 radical (unpaired) electrons. The van der Waals surface area contributed by atoms with E-state index in [0.717, 1.165) is 16.7 Å². The minimum atomic E-state index is -0.477. The number of hydrogen-bond donors (Lipinski definition) is 0. The van der Waals surface area contributed by atoms with E-state index in [4.69, 9.17) is 11.3 Å². The van der Waals surface area contributed by atoms with E-state index in [0.29, 0.717) is 27.1 Å². The summed E-state index contributed by atoms with van der Waals surface area (Å²) in [5.74, 6) is -0.477. The summed E-state index contributed by atoms with van der Waals surface area (Å²) in [4.78, 5) is 16.1. The molecular weight excluding hydrogens is 418 g/mol. The maximum absolute atomic E-state index is 12.5. The molecule has 3 rings (SSSR count). The zero-order chi connectivity index (χ0) is 20.3. The molecular formula is C22H16BrN3O2. The van der Waals surface area contributed by atoms with E-state index >= 15 is 0 Å². The number of benzene rings is 2. The molecule has 2 aromatic carbocycles. The first-order valence-electron chi connectivity index (χ1n) is 8.56. The topological polar surface area (TPSA) is 59.4 Å². The molecule has 0 spiro atoms. The van der Waals surface area contributed by atoms with Gasteiger partial charge in [0.2, 0.25) is 5.69 Å². The molecule has 6 heteroatoms. The van der Waals surface area contributed by atoms with Crippen LogP contribution in [0, 0.1) is 17.9 Å². The minimum Gasteiger partial charge on any atom is -0.461 e. The zero-order valence-electron chi connectivity index (χ0n) is 15.4. The van der Waals surface area contributed by atoms with Gasteiger partial charge in [0, 0.05) is 12.6 Å². The maximum Gasteiger partial charge on any atom is 0.354 e. The summed E-state index contributed by atoms with van der Waals surface area (Å²) in [6.45, 7) is 9.54. The molecule has 0 fully saturated rings. The van der Waals surface area contributed by atoms with Crippen LogP contribution in [0.15, 0.2) is 53.1 Å². The second-order valence-corrected chi connectivity index (χ2v) is 6.74. The van der Waals surface area contributed by atoms with Crippen LogP contribution in [0.5, 0.6) is 0 Å². The molecule has 0 amide bonds. The van der Waals surface area contributed by atoms with Gasteiger partial charge in [-0.2, -0.15) is 5.26 Å². The number of carbonyl (C=O) groups excluding carboxylic acids is 1. The minimum absolute atomic E-state index is 0.248. The van der Waals surface area contributed by atoms with E-state index in [1.807, 2.05) is 42.5 Å². The molecule has 1 heterocycles. The van der Waals surface area contributed by atoms with Crippen LogP contribution in [0.2, 0.25) is 0 Å². The molecule has 28 heavy (non-hydrogen) atoms. The Bertz CT molecular complexity index is 1130. The highest BCUT2D eigenvalue weighted by Gasteiger charge is 2.26. The van der Waals surface area contributed by atoms with Crippen molar-refractivity contribution in [2.75, 3.05) is 6.61 Å². The standard InChI is InChI=1S/C22H16BrN3O2/c1-4-28-22(27)20-18(19(25-2)21(23)26(20)3)15-11-9-14(10-12-15)17-8-6-5-7-16(17)13-24/h5-12H,4H2,1,3H3. The Labute approximate surface area is 171 Å². The van der Waals surface area contributed by atoms with Gasteiger partial charge in [0.05, 0.1) is 29.4 Å². The van der Waals surface area contributed by atoms with Crippen molar-refractivity contribution in [3.05, 3.63) is 75.8 Å². The van der Waals surface area contributed by atoms with Crippen molar-refractivity contribution in [3.63, 3.8) is 0 Å². The third-order valence-corrected chi connectivity index (χ3v) is 5.32. The van der Waals surface area contributed by atoms with Crippen LogP contribution < -0.4 is 0 Å². The van der Waals surface area contributed by atoms with Crippen LogP contribution >= 0.6 is 15.9 Å². The molecule has 1 aromatic heterocycles. The fraction of sp³-hybridized carbons (Fsp3) is 0.136. The Balaban J connectivity index is 2.15. The summed E-state index contributed by atoms with van der Waals surface area (Å²) in [7, 11) is 1.71. The van der Waals surface area contributed by atoms with E-state index in [1.165, 1.54) is 0 Å². The number of nitrogens with zero attached hydrogens (tertiary/aromatic N) is 3. The predicted octanol–water partition coefficient (Wildman–Crippen LogP) is 5.72. The van der Waals surface area contributed by atoms with Crippen LogP contribution in [-0.2, 0) is 11.8 Å². The quantitative estimate of drug-likeness (QED) is 0.390. The lowest BCUT2D eigenvalue weighted by Crippen LogP contribution is -2.11. The second kappa shape index (κ2) is 8.12. The molecule has 138 valence electrons. The molecule has 0 saturated heterocycles. The SMILES string of the molecule is [C-]#[N+]c1c(-c2ccc(-c3ccccc3C#N)cc2)c(C(=O)OCC)n(C)c1Br. The first-order valence-corrected chi connectivity index (χ1v) is 9.35. The van der Waals surface area contributed by atoms with E-state index in [1.54, 1.807) is 24.6 Å². The molecule has 0 unspecified atom stereocenters. The highest BCUT2D eigenvalue weighted by atomic mass is 79.9. The summed E-state index contributed by atoms with van der Waals surface area (Å²) >= 11 is 3.40. The molecule has 0 N–H and O–H groups in total. The Morgan fingerprint density at radius 1 is 1.21 bits per heavy atom. The van der Waals surface area contributed by atoms with Gasteiger partial charge in [-0.25, -0.2) is 9.64 Å². The molecule has 0 aliphatic rings. The summed E-state index contributed by atoms with van der Waals surface area (Å²) in [5, 5.41) is 9.32. The number of esters is 1.